The van der Waals surface area contributed by atoms with Crippen molar-refractivity contribution in [3.63, 3.8) is 0 Å². The summed E-state index contributed by atoms with van der Waals surface area (Å²) in [7, 11) is -4.10. The van der Waals surface area contributed by atoms with Gasteiger partial charge in [-0.1, -0.05) is 42.5 Å². The molecule has 0 bridgehead atoms. The molecule has 3 aromatic rings. The van der Waals surface area contributed by atoms with Crippen molar-refractivity contribution in [3.8, 4) is 0 Å². The number of hydrogen-bond acceptors (Lipinski definition) is 4. The van der Waals surface area contributed by atoms with Gasteiger partial charge in [0, 0.05) is 17.5 Å². The number of halogens is 1. The van der Waals surface area contributed by atoms with E-state index in [9.17, 15) is 17.6 Å². The van der Waals surface area contributed by atoms with E-state index in [1.54, 1.807) is 24.3 Å². The molecule has 0 unspecified atom stereocenters. The Bertz CT molecular complexity index is 1190. The molecule has 7 heteroatoms. The topological polar surface area (TPSA) is 66.5 Å². The van der Waals surface area contributed by atoms with Crippen LogP contribution in [0.2, 0.25) is 0 Å². The number of anilines is 2. The van der Waals surface area contributed by atoms with Crippen molar-refractivity contribution >= 4 is 27.2 Å². The molecule has 0 fully saturated rings. The van der Waals surface area contributed by atoms with Crippen molar-refractivity contribution in [3.05, 3.63) is 107 Å². The summed E-state index contributed by atoms with van der Waals surface area (Å²) in [5, 5.41) is 2.79. The minimum absolute atomic E-state index is 0.0986. The quantitative estimate of drug-likeness (QED) is 0.653. The fraction of sp³-hybridized carbons (Fsp3) is 0.0455. The Balaban J connectivity index is 1.77. The van der Waals surface area contributed by atoms with Crippen LogP contribution in [0.25, 0.3) is 0 Å². The Morgan fingerprint density at radius 1 is 0.897 bits per heavy atom. The van der Waals surface area contributed by atoms with Crippen LogP contribution in [0.4, 0.5) is 15.8 Å². The summed E-state index contributed by atoms with van der Waals surface area (Å²) < 4.78 is 40.9. The summed E-state index contributed by atoms with van der Waals surface area (Å²) in [6, 6.07) is 21.2. The highest BCUT2D eigenvalue weighted by Crippen LogP contribution is 2.36. The Hall–Kier alpha value is -3.45. The van der Waals surface area contributed by atoms with E-state index in [0.717, 1.165) is 5.56 Å². The number of para-hydroxylation sites is 1. The lowest BCUT2D eigenvalue weighted by Gasteiger charge is -2.31. The maximum Gasteiger partial charge on any atom is 0.270 e. The summed E-state index contributed by atoms with van der Waals surface area (Å²) >= 11 is 0. The Kier molecular flexibility index (Phi) is 4.90. The van der Waals surface area contributed by atoms with Crippen molar-refractivity contribution in [2.75, 3.05) is 9.62 Å². The summed E-state index contributed by atoms with van der Waals surface area (Å²) in [6.07, 6.45) is 1.17. The van der Waals surface area contributed by atoms with Crippen LogP contribution in [0.5, 0.6) is 0 Å². The molecule has 0 saturated heterocycles. The molecule has 4 rings (SSSR count). The molecule has 0 saturated carbocycles. The number of nitrogens with one attached hydrogen (secondary N) is 1. The first-order chi connectivity index (χ1) is 14.0. The maximum absolute atomic E-state index is 13.3. The maximum atomic E-state index is 13.3. The zero-order valence-corrected chi connectivity index (χ0v) is 16.1. The van der Waals surface area contributed by atoms with Gasteiger partial charge in [-0.25, -0.2) is 12.8 Å². The van der Waals surface area contributed by atoms with E-state index in [1.807, 2.05) is 30.3 Å². The van der Waals surface area contributed by atoms with Crippen LogP contribution in [0.15, 0.2) is 90.0 Å². The highest BCUT2D eigenvalue weighted by molar-refractivity contribution is 7.97. The van der Waals surface area contributed by atoms with Crippen LogP contribution in [-0.4, -0.2) is 14.2 Å². The molecule has 1 aliphatic heterocycles. The van der Waals surface area contributed by atoms with Crippen molar-refractivity contribution < 1.29 is 17.6 Å². The van der Waals surface area contributed by atoms with Gasteiger partial charge in [-0.15, -0.1) is 0 Å². The molecule has 0 atom stereocenters. The molecule has 0 amide bonds. The number of hydrogen-bond donors (Lipinski definition) is 1. The van der Waals surface area contributed by atoms with Crippen LogP contribution >= 0.6 is 0 Å². The summed E-state index contributed by atoms with van der Waals surface area (Å²) in [4.78, 5) is 12.6. The van der Waals surface area contributed by atoms with E-state index in [-0.39, 0.29) is 11.4 Å². The number of nitrogens with zero attached hydrogens (tertiary/aromatic N) is 1. The van der Waals surface area contributed by atoms with Crippen LogP contribution in [0.1, 0.15) is 15.9 Å². The molecule has 1 N–H and O–H groups in total. The molecule has 5 nitrogen and oxygen atoms in total. The van der Waals surface area contributed by atoms with Gasteiger partial charge < -0.3 is 5.32 Å². The van der Waals surface area contributed by atoms with Crippen molar-refractivity contribution in [2.24, 2.45) is 0 Å². The molecule has 29 heavy (non-hydrogen) atoms. The second-order valence-corrected chi connectivity index (χ2v) is 8.33. The largest absolute Gasteiger partial charge is 0.360 e. The van der Waals surface area contributed by atoms with Gasteiger partial charge in [0.15, 0.2) is 4.91 Å². The predicted molar refractivity (Wildman–Crippen MR) is 110 cm³/mol. The Morgan fingerprint density at radius 3 is 2.28 bits per heavy atom. The minimum Gasteiger partial charge on any atom is -0.360 e. The number of rotatable bonds is 4. The lowest BCUT2D eigenvalue weighted by atomic mass is 10.1. The third-order valence-corrected chi connectivity index (χ3v) is 6.36. The molecular weight excluding hydrogens is 391 g/mol. The van der Waals surface area contributed by atoms with Crippen molar-refractivity contribution in [1.82, 2.24) is 0 Å². The normalized spacial score (nSPS) is 16.5. The van der Waals surface area contributed by atoms with Crippen LogP contribution in [0, 0.1) is 5.82 Å². The number of ketones is 1. The standard InChI is InChI=1S/C22H17FN2O3S/c23-17-10-12-18(13-11-17)24-14-21-22(26)19-8-4-5-9-20(19)25(29(21,27)28)15-16-6-2-1-3-7-16/h1-14,24H,15H2/b21-14+. The summed E-state index contributed by atoms with van der Waals surface area (Å²) in [5.41, 5.74) is 1.92. The summed E-state index contributed by atoms with van der Waals surface area (Å²) in [5.74, 6) is -0.993. The third-order valence-electron chi connectivity index (χ3n) is 4.59. The van der Waals surface area contributed by atoms with Crippen LogP contribution in [-0.2, 0) is 16.6 Å². The highest BCUT2D eigenvalue weighted by atomic mass is 32.2. The first-order valence-electron chi connectivity index (χ1n) is 8.89. The second kappa shape index (κ2) is 7.52. The van der Waals surface area contributed by atoms with Gasteiger partial charge >= 0.3 is 0 Å². The number of fused-ring (bicyclic) bond motifs is 1. The van der Waals surface area contributed by atoms with Gasteiger partial charge in [0.25, 0.3) is 10.0 Å². The molecule has 0 aromatic heterocycles. The number of allylic oxidation sites excluding steroid dienone is 1. The number of Topliss-reactive ketones (excluding diaryl/α,β-unsaturated/α-hetero) is 1. The Labute approximate surface area is 168 Å². The van der Waals surface area contributed by atoms with Gasteiger partial charge in [-0.2, -0.15) is 0 Å². The molecule has 3 aromatic carbocycles. The van der Waals surface area contributed by atoms with Crippen LogP contribution < -0.4 is 9.62 Å². The van der Waals surface area contributed by atoms with E-state index in [4.69, 9.17) is 0 Å². The lowest BCUT2D eigenvalue weighted by molar-refractivity contribution is 0.104. The van der Waals surface area contributed by atoms with Crippen LogP contribution in [0.3, 0.4) is 0 Å². The Morgan fingerprint density at radius 2 is 1.55 bits per heavy atom. The third kappa shape index (κ3) is 3.64. The predicted octanol–water partition coefficient (Wildman–Crippen LogP) is 4.31. The molecular formula is C22H17FN2O3S. The molecule has 1 heterocycles. The second-order valence-electron chi connectivity index (χ2n) is 6.50. The van der Waals surface area contributed by atoms with E-state index in [2.05, 4.69) is 5.32 Å². The monoisotopic (exact) mass is 408 g/mol. The molecule has 146 valence electrons. The molecule has 0 radical (unpaired) electrons. The smallest absolute Gasteiger partial charge is 0.270 e. The molecule has 0 aliphatic carbocycles. The number of carbonyl (C=O) groups is 1. The highest BCUT2D eigenvalue weighted by Gasteiger charge is 2.39. The average Bonchev–Trinajstić information content (AvgIpc) is 2.73. The first-order valence-corrected chi connectivity index (χ1v) is 10.3. The van der Waals surface area contributed by atoms with Crippen molar-refractivity contribution in [2.45, 2.75) is 6.54 Å². The van der Waals surface area contributed by atoms with Gasteiger partial charge in [-0.05, 0) is 42.0 Å². The van der Waals surface area contributed by atoms with Gasteiger partial charge in [0.2, 0.25) is 5.78 Å². The van der Waals surface area contributed by atoms with Gasteiger partial charge in [-0.3, -0.25) is 9.10 Å². The van der Waals surface area contributed by atoms with Gasteiger partial charge in [0.1, 0.15) is 5.82 Å². The lowest BCUT2D eigenvalue weighted by Crippen LogP contribution is -2.39. The van der Waals surface area contributed by atoms with Crippen molar-refractivity contribution in [1.29, 1.82) is 0 Å². The van der Waals surface area contributed by atoms with E-state index in [0.29, 0.717) is 16.9 Å². The molecule has 0 spiro atoms. The number of benzene rings is 3. The average molecular weight is 408 g/mol. The van der Waals surface area contributed by atoms with E-state index >= 15 is 0 Å². The van der Waals surface area contributed by atoms with Gasteiger partial charge in [0.05, 0.1) is 12.2 Å². The number of carbonyl (C=O) groups excluding carboxylic acids is 1. The first kappa shape index (κ1) is 18.9. The summed E-state index contributed by atoms with van der Waals surface area (Å²) in [6.45, 7) is 0.0986. The zero-order chi connectivity index (χ0) is 20.4. The fourth-order valence-corrected chi connectivity index (χ4v) is 4.66. The molecule has 1 aliphatic rings. The fourth-order valence-electron chi connectivity index (χ4n) is 3.14. The SMILES string of the molecule is O=C1/C(=C\Nc2ccc(F)cc2)S(=O)(=O)N(Cc2ccccc2)c2ccccc21. The van der Waals surface area contributed by atoms with E-state index < -0.39 is 21.6 Å². The number of sulfonamides is 1. The van der Waals surface area contributed by atoms with E-state index in [1.165, 1.54) is 34.8 Å². The minimum atomic E-state index is -4.10. The zero-order valence-electron chi connectivity index (χ0n) is 15.2.